The Morgan fingerprint density at radius 2 is 1.89 bits per heavy atom. The summed E-state index contributed by atoms with van der Waals surface area (Å²) < 4.78 is 18.5. The van der Waals surface area contributed by atoms with Crippen LogP contribution in [0.25, 0.3) is 0 Å². The Kier molecular flexibility index (Phi) is 3.89. The van der Waals surface area contributed by atoms with E-state index in [1.807, 2.05) is 24.3 Å². The predicted molar refractivity (Wildman–Crippen MR) is 77.7 cm³/mol. The Bertz CT molecular complexity index is 471. The van der Waals surface area contributed by atoms with Crippen molar-refractivity contribution in [1.29, 1.82) is 0 Å². The highest BCUT2D eigenvalue weighted by atomic mass is 32.2. The molecule has 3 atom stereocenters. The monoisotopic (exact) mass is 279 g/mol. The average molecular weight is 279 g/mol. The molecule has 1 aliphatic carbocycles. The van der Waals surface area contributed by atoms with E-state index in [0.29, 0.717) is 11.9 Å². The molecule has 0 spiro atoms. The van der Waals surface area contributed by atoms with Crippen LogP contribution in [-0.4, -0.2) is 21.3 Å². The van der Waals surface area contributed by atoms with Crippen LogP contribution in [0.1, 0.15) is 43.7 Å². The van der Waals surface area contributed by atoms with Gasteiger partial charge in [-0.25, -0.2) is 0 Å². The van der Waals surface area contributed by atoms with Crippen molar-refractivity contribution in [3.05, 3.63) is 29.8 Å². The third-order valence-electron chi connectivity index (χ3n) is 4.26. The van der Waals surface area contributed by atoms with Crippen molar-refractivity contribution in [2.24, 2.45) is 5.73 Å². The summed E-state index contributed by atoms with van der Waals surface area (Å²) in [5.41, 5.74) is 7.33. The molecule has 2 N–H and O–H groups in total. The molecule has 0 aromatic heterocycles. The summed E-state index contributed by atoms with van der Waals surface area (Å²) >= 11 is 0. The molecule has 0 amide bonds. The van der Waals surface area contributed by atoms with Gasteiger partial charge in [0, 0.05) is 21.6 Å². The lowest BCUT2D eigenvalue weighted by Crippen LogP contribution is -2.42. The minimum atomic E-state index is -0.880. The lowest BCUT2D eigenvalue weighted by atomic mass is 10.0. The van der Waals surface area contributed by atoms with Gasteiger partial charge in [-0.3, -0.25) is 4.21 Å². The van der Waals surface area contributed by atoms with Gasteiger partial charge in [0.25, 0.3) is 0 Å². The van der Waals surface area contributed by atoms with Crippen LogP contribution in [0.4, 0.5) is 0 Å². The molecule has 19 heavy (non-hydrogen) atoms. The molecular weight excluding hydrogens is 258 g/mol. The van der Waals surface area contributed by atoms with E-state index in [2.05, 4.69) is 0 Å². The second-order valence-corrected chi connectivity index (χ2v) is 7.43. The number of rotatable bonds is 2. The molecule has 4 heteroatoms. The van der Waals surface area contributed by atoms with Crippen molar-refractivity contribution < 1.29 is 8.95 Å². The first-order valence-corrected chi connectivity index (χ1v) is 8.41. The molecule has 0 saturated heterocycles. The minimum Gasteiger partial charge on any atom is -0.492 e. The molecule has 2 aliphatic rings. The third kappa shape index (κ3) is 2.56. The SMILES string of the molecule is NC1c2ccccc2OCC1S(=O)C1CCCCC1. The standard InChI is InChI=1S/C15H21NO2S/c16-15-12-8-4-5-9-13(12)18-10-14(15)19(17)11-6-2-1-3-7-11/h4-5,8-9,11,14-15H,1-3,6-7,10,16H2. The molecule has 3 unspecified atom stereocenters. The molecule has 1 aromatic rings. The Morgan fingerprint density at radius 3 is 2.68 bits per heavy atom. The van der Waals surface area contributed by atoms with Crippen LogP contribution < -0.4 is 10.5 Å². The normalized spacial score (nSPS) is 29.3. The fraction of sp³-hybridized carbons (Fsp3) is 0.600. The number of para-hydroxylation sites is 1. The molecule has 1 fully saturated rings. The number of ether oxygens (including phenoxy) is 1. The Labute approximate surface area is 117 Å². The number of fused-ring (bicyclic) bond motifs is 1. The van der Waals surface area contributed by atoms with E-state index in [4.69, 9.17) is 10.5 Å². The first-order valence-electron chi connectivity index (χ1n) is 7.14. The highest BCUT2D eigenvalue weighted by Gasteiger charge is 2.35. The zero-order valence-corrected chi connectivity index (χ0v) is 11.9. The third-order valence-corrected chi connectivity index (χ3v) is 6.42. The van der Waals surface area contributed by atoms with Gasteiger partial charge in [-0.05, 0) is 18.9 Å². The van der Waals surface area contributed by atoms with E-state index in [0.717, 1.165) is 24.2 Å². The van der Waals surface area contributed by atoms with Gasteiger partial charge in [-0.2, -0.15) is 0 Å². The molecule has 104 valence electrons. The van der Waals surface area contributed by atoms with Crippen LogP contribution in [0.3, 0.4) is 0 Å². The van der Waals surface area contributed by atoms with Gasteiger partial charge in [0.05, 0.1) is 11.3 Å². The second-order valence-electron chi connectivity index (χ2n) is 5.50. The van der Waals surface area contributed by atoms with Gasteiger partial charge < -0.3 is 10.5 Å². The fourth-order valence-electron chi connectivity index (χ4n) is 3.12. The molecule has 1 aliphatic heterocycles. The summed E-state index contributed by atoms with van der Waals surface area (Å²) in [6.45, 7) is 0.487. The predicted octanol–water partition coefficient (Wildman–Crippen LogP) is 2.53. The Hall–Kier alpha value is -0.870. The maximum atomic E-state index is 12.7. The number of hydrogen-bond acceptors (Lipinski definition) is 3. The van der Waals surface area contributed by atoms with Crippen molar-refractivity contribution >= 4 is 10.8 Å². The summed E-state index contributed by atoms with van der Waals surface area (Å²) in [6, 6.07) is 7.68. The van der Waals surface area contributed by atoms with E-state index in [9.17, 15) is 4.21 Å². The van der Waals surface area contributed by atoms with Gasteiger partial charge >= 0.3 is 0 Å². The molecule has 0 bridgehead atoms. The van der Waals surface area contributed by atoms with Crippen molar-refractivity contribution in [2.75, 3.05) is 6.61 Å². The number of hydrogen-bond donors (Lipinski definition) is 1. The van der Waals surface area contributed by atoms with Crippen LogP contribution in [-0.2, 0) is 10.8 Å². The maximum Gasteiger partial charge on any atom is 0.124 e. The van der Waals surface area contributed by atoms with Gasteiger partial charge in [0.1, 0.15) is 12.4 Å². The topological polar surface area (TPSA) is 52.3 Å². The van der Waals surface area contributed by atoms with Gasteiger partial charge in [0.2, 0.25) is 0 Å². The van der Waals surface area contributed by atoms with Crippen LogP contribution in [0.2, 0.25) is 0 Å². The van der Waals surface area contributed by atoms with Crippen LogP contribution in [0.5, 0.6) is 5.75 Å². The fourth-order valence-corrected chi connectivity index (χ4v) is 5.05. The van der Waals surface area contributed by atoms with Crippen LogP contribution >= 0.6 is 0 Å². The average Bonchev–Trinajstić information content (AvgIpc) is 2.48. The van der Waals surface area contributed by atoms with E-state index in [1.54, 1.807) is 0 Å². The summed E-state index contributed by atoms with van der Waals surface area (Å²) in [4.78, 5) is 0. The molecule has 1 heterocycles. The van der Waals surface area contributed by atoms with Crippen molar-refractivity contribution in [3.8, 4) is 5.75 Å². The number of nitrogens with two attached hydrogens (primary N) is 1. The zero-order chi connectivity index (χ0) is 13.2. The van der Waals surface area contributed by atoms with E-state index < -0.39 is 10.8 Å². The molecule has 1 aromatic carbocycles. The van der Waals surface area contributed by atoms with Crippen molar-refractivity contribution in [2.45, 2.75) is 48.6 Å². The van der Waals surface area contributed by atoms with Gasteiger partial charge in [-0.15, -0.1) is 0 Å². The maximum absolute atomic E-state index is 12.7. The number of benzene rings is 1. The highest BCUT2D eigenvalue weighted by Crippen LogP contribution is 2.35. The zero-order valence-electron chi connectivity index (χ0n) is 11.1. The van der Waals surface area contributed by atoms with Crippen LogP contribution in [0.15, 0.2) is 24.3 Å². The highest BCUT2D eigenvalue weighted by molar-refractivity contribution is 7.86. The first kappa shape index (κ1) is 13.1. The second kappa shape index (κ2) is 5.63. The Balaban J connectivity index is 1.77. The van der Waals surface area contributed by atoms with Crippen LogP contribution in [0, 0.1) is 0 Å². The summed E-state index contributed by atoms with van der Waals surface area (Å²) in [5.74, 6) is 0.854. The summed E-state index contributed by atoms with van der Waals surface area (Å²) in [7, 11) is -0.880. The summed E-state index contributed by atoms with van der Waals surface area (Å²) in [5, 5.41) is 0.261. The summed E-state index contributed by atoms with van der Waals surface area (Å²) in [6.07, 6.45) is 5.85. The quantitative estimate of drug-likeness (QED) is 0.905. The molecule has 3 nitrogen and oxygen atoms in total. The van der Waals surface area contributed by atoms with Crippen molar-refractivity contribution in [1.82, 2.24) is 0 Å². The van der Waals surface area contributed by atoms with E-state index in [-0.39, 0.29) is 11.3 Å². The Morgan fingerprint density at radius 1 is 1.16 bits per heavy atom. The van der Waals surface area contributed by atoms with Gasteiger partial charge in [0.15, 0.2) is 0 Å². The lowest BCUT2D eigenvalue weighted by Gasteiger charge is -2.33. The van der Waals surface area contributed by atoms with Gasteiger partial charge in [-0.1, -0.05) is 37.5 Å². The smallest absolute Gasteiger partial charge is 0.124 e. The molecule has 3 rings (SSSR count). The lowest BCUT2D eigenvalue weighted by molar-refractivity contribution is 0.272. The molecule has 0 radical (unpaired) electrons. The first-order chi connectivity index (χ1) is 9.27. The van der Waals surface area contributed by atoms with E-state index in [1.165, 1.54) is 19.3 Å². The largest absolute Gasteiger partial charge is 0.492 e. The minimum absolute atomic E-state index is 0.0574. The molecule has 1 saturated carbocycles. The van der Waals surface area contributed by atoms with E-state index >= 15 is 0 Å². The molecular formula is C15H21NO2S. The van der Waals surface area contributed by atoms with Crippen molar-refractivity contribution in [3.63, 3.8) is 0 Å².